The van der Waals surface area contributed by atoms with Crippen LogP contribution in [0.1, 0.15) is 24.0 Å². The number of rotatable bonds is 1. The maximum absolute atomic E-state index is 11.9. The summed E-state index contributed by atoms with van der Waals surface area (Å²) >= 11 is 2.29. The van der Waals surface area contributed by atoms with E-state index in [1.165, 1.54) is 14.7 Å². The van der Waals surface area contributed by atoms with Gasteiger partial charge in [-0.25, -0.2) is 0 Å². The Bertz CT molecular complexity index is 616. The number of hydrogen-bond acceptors (Lipinski definition) is 1. The Kier molecular flexibility index (Phi) is 2.54. The van der Waals surface area contributed by atoms with Gasteiger partial charge in [-0.05, 0) is 63.9 Å². The van der Waals surface area contributed by atoms with E-state index < -0.39 is 0 Å². The Labute approximate surface area is 114 Å². The number of carbonyl (C=O) groups excluding carboxylic acids is 1. The Hall–Kier alpha value is -1.16. The van der Waals surface area contributed by atoms with E-state index in [1.54, 1.807) is 6.92 Å². The zero-order valence-electron chi connectivity index (χ0n) is 9.41. The maximum atomic E-state index is 11.9. The van der Waals surface area contributed by atoms with Crippen LogP contribution in [0, 0.1) is 3.57 Å². The van der Waals surface area contributed by atoms with Gasteiger partial charge in [-0.15, -0.1) is 0 Å². The van der Waals surface area contributed by atoms with Gasteiger partial charge in [-0.2, -0.15) is 0 Å². The molecule has 0 aliphatic heterocycles. The molecule has 1 aliphatic carbocycles. The van der Waals surface area contributed by atoms with Gasteiger partial charge in [0, 0.05) is 3.57 Å². The third-order valence-corrected chi connectivity index (χ3v) is 3.96. The number of fused-ring (bicyclic) bond motifs is 3. The summed E-state index contributed by atoms with van der Waals surface area (Å²) < 4.78 is 1.18. The van der Waals surface area contributed by atoms with Crippen molar-refractivity contribution in [1.82, 2.24) is 0 Å². The Morgan fingerprint density at radius 2 is 1.76 bits per heavy atom. The molecule has 0 amide bonds. The van der Waals surface area contributed by atoms with Gasteiger partial charge < -0.3 is 0 Å². The Morgan fingerprint density at radius 3 is 2.53 bits per heavy atom. The molecule has 1 nitrogen and oxygen atoms in total. The minimum absolute atomic E-state index is 0.0732. The monoisotopic (exact) mass is 334 g/mol. The summed E-state index contributed by atoms with van der Waals surface area (Å²) in [6.07, 6.45) is 0. The second-order valence-corrected chi connectivity index (χ2v) is 5.61. The first-order valence-electron chi connectivity index (χ1n) is 5.57. The van der Waals surface area contributed by atoms with Crippen molar-refractivity contribution in [2.75, 3.05) is 0 Å². The molecule has 0 spiro atoms. The molecule has 1 unspecified atom stereocenters. The van der Waals surface area contributed by atoms with Crippen molar-refractivity contribution >= 4 is 28.4 Å². The first kappa shape index (κ1) is 11.0. The quantitative estimate of drug-likeness (QED) is 0.721. The number of ketones is 1. The van der Waals surface area contributed by atoms with Crippen molar-refractivity contribution in [1.29, 1.82) is 0 Å². The molecule has 2 aromatic rings. The normalized spacial score (nSPS) is 16.5. The smallest absolute Gasteiger partial charge is 0.141 e. The van der Waals surface area contributed by atoms with Crippen molar-refractivity contribution in [2.45, 2.75) is 12.8 Å². The topological polar surface area (TPSA) is 17.1 Å². The molecule has 0 bridgehead atoms. The molecule has 2 aromatic carbocycles. The molecular weight excluding hydrogens is 323 g/mol. The fourth-order valence-corrected chi connectivity index (χ4v) is 3.13. The van der Waals surface area contributed by atoms with Crippen molar-refractivity contribution in [3.8, 4) is 11.1 Å². The van der Waals surface area contributed by atoms with Crippen LogP contribution < -0.4 is 0 Å². The third-order valence-electron chi connectivity index (χ3n) is 3.29. The highest BCUT2D eigenvalue weighted by atomic mass is 127. The van der Waals surface area contributed by atoms with Crippen LogP contribution in [0.3, 0.4) is 0 Å². The van der Waals surface area contributed by atoms with Crippen LogP contribution >= 0.6 is 22.6 Å². The van der Waals surface area contributed by atoms with Crippen LogP contribution in [-0.2, 0) is 4.79 Å². The highest BCUT2D eigenvalue weighted by Crippen LogP contribution is 2.45. The van der Waals surface area contributed by atoms with Gasteiger partial charge in [0.2, 0.25) is 0 Å². The van der Waals surface area contributed by atoms with Gasteiger partial charge in [0.15, 0.2) is 0 Å². The Balaban J connectivity index is 2.33. The third kappa shape index (κ3) is 1.62. The largest absolute Gasteiger partial charge is 0.299 e. The lowest BCUT2D eigenvalue weighted by atomic mass is 9.93. The van der Waals surface area contributed by atoms with Gasteiger partial charge >= 0.3 is 0 Å². The molecule has 0 saturated carbocycles. The first-order chi connectivity index (χ1) is 8.18. The molecule has 17 heavy (non-hydrogen) atoms. The van der Waals surface area contributed by atoms with Crippen LogP contribution in [-0.4, -0.2) is 5.78 Å². The van der Waals surface area contributed by atoms with Crippen LogP contribution in [0.2, 0.25) is 0 Å². The molecule has 84 valence electrons. The van der Waals surface area contributed by atoms with Crippen molar-refractivity contribution in [2.24, 2.45) is 0 Å². The summed E-state index contributed by atoms with van der Waals surface area (Å²) in [5.74, 6) is 0.147. The Morgan fingerprint density at radius 1 is 1.06 bits per heavy atom. The summed E-state index contributed by atoms with van der Waals surface area (Å²) in [6.45, 7) is 1.68. The molecule has 0 fully saturated rings. The van der Waals surface area contributed by atoms with E-state index >= 15 is 0 Å². The zero-order valence-corrected chi connectivity index (χ0v) is 11.6. The highest BCUT2D eigenvalue weighted by molar-refractivity contribution is 14.1. The number of halogens is 1. The van der Waals surface area contributed by atoms with Crippen LogP contribution in [0.15, 0.2) is 42.5 Å². The lowest BCUT2D eigenvalue weighted by Crippen LogP contribution is -2.07. The molecule has 0 radical (unpaired) electrons. The number of benzene rings is 2. The fraction of sp³-hybridized carbons (Fsp3) is 0.133. The summed E-state index contributed by atoms with van der Waals surface area (Å²) in [7, 11) is 0. The van der Waals surface area contributed by atoms with E-state index in [0.29, 0.717) is 0 Å². The SMILES string of the molecule is CC(=O)C1c2ccccc2-c2ccc(I)cc21. The van der Waals surface area contributed by atoms with Crippen LogP contribution in [0.5, 0.6) is 0 Å². The van der Waals surface area contributed by atoms with Gasteiger partial charge in [0.25, 0.3) is 0 Å². The molecule has 1 aliphatic rings. The molecule has 3 rings (SSSR count). The van der Waals surface area contributed by atoms with E-state index in [2.05, 4.69) is 52.9 Å². The average molecular weight is 334 g/mol. The molecular formula is C15H11IO. The lowest BCUT2D eigenvalue weighted by Gasteiger charge is -2.09. The van der Waals surface area contributed by atoms with E-state index in [4.69, 9.17) is 0 Å². The molecule has 1 atom stereocenters. The zero-order chi connectivity index (χ0) is 12.0. The van der Waals surface area contributed by atoms with Gasteiger partial charge in [0.1, 0.15) is 5.78 Å². The number of carbonyl (C=O) groups is 1. The molecule has 2 heteroatoms. The van der Waals surface area contributed by atoms with Gasteiger partial charge in [-0.1, -0.05) is 30.3 Å². The summed E-state index contributed by atoms with van der Waals surface area (Å²) in [5, 5.41) is 0. The minimum Gasteiger partial charge on any atom is -0.299 e. The van der Waals surface area contributed by atoms with Crippen LogP contribution in [0.25, 0.3) is 11.1 Å². The predicted octanol–water partition coefficient (Wildman–Crippen LogP) is 3.99. The number of Topliss-reactive ketones (excluding diaryl/α,β-unsaturated/α-hetero) is 1. The van der Waals surface area contributed by atoms with Crippen molar-refractivity contribution < 1.29 is 4.79 Å². The molecule has 0 heterocycles. The molecule has 0 aromatic heterocycles. The highest BCUT2D eigenvalue weighted by Gasteiger charge is 2.31. The summed E-state index contributed by atoms with van der Waals surface area (Å²) in [6, 6.07) is 14.5. The average Bonchev–Trinajstić information content (AvgIpc) is 2.62. The second-order valence-electron chi connectivity index (χ2n) is 4.36. The predicted molar refractivity (Wildman–Crippen MR) is 77.1 cm³/mol. The van der Waals surface area contributed by atoms with Crippen molar-refractivity contribution in [3.05, 3.63) is 57.2 Å². The van der Waals surface area contributed by atoms with Crippen molar-refractivity contribution in [3.63, 3.8) is 0 Å². The van der Waals surface area contributed by atoms with E-state index in [1.807, 2.05) is 12.1 Å². The van der Waals surface area contributed by atoms with E-state index in [9.17, 15) is 4.79 Å². The summed E-state index contributed by atoms with van der Waals surface area (Å²) in [5.41, 5.74) is 4.72. The lowest BCUT2D eigenvalue weighted by molar-refractivity contribution is -0.117. The molecule has 0 N–H and O–H groups in total. The first-order valence-corrected chi connectivity index (χ1v) is 6.65. The van der Waals surface area contributed by atoms with Gasteiger partial charge in [0.05, 0.1) is 5.92 Å². The minimum atomic E-state index is -0.0732. The molecule has 0 saturated heterocycles. The van der Waals surface area contributed by atoms with Crippen LogP contribution in [0.4, 0.5) is 0 Å². The summed E-state index contributed by atoms with van der Waals surface area (Å²) in [4.78, 5) is 11.9. The maximum Gasteiger partial charge on any atom is 0.141 e. The van der Waals surface area contributed by atoms with Gasteiger partial charge in [-0.3, -0.25) is 4.79 Å². The van der Waals surface area contributed by atoms with E-state index in [-0.39, 0.29) is 11.7 Å². The second kappa shape index (κ2) is 3.95. The fourth-order valence-electron chi connectivity index (χ4n) is 2.62. The standard InChI is InChI=1S/C15H11IO/c1-9(17)15-13-5-3-2-4-11(13)12-7-6-10(16)8-14(12)15/h2-8,15H,1H3. The number of hydrogen-bond donors (Lipinski definition) is 0. The van der Waals surface area contributed by atoms with E-state index in [0.717, 1.165) is 11.1 Å².